The molecule has 1 aromatic heterocycles. The Balaban J connectivity index is 1.41. The van der Waals surface area contributed by atoms with Gasteiger partial charge in [0.1, 0.15) is 5.69 Å². The van der Waals surface area contributed by atoms with Crippen LogP contribution >= 0.6 is 0 Å². The van der Waals surface area contributed by atoms with Gasteiger partial charge in [0.2, 0.25) is 0 Å². The van der Waals surface area contributed by atoms with Crippen LogP contribution in [0.4, 0.5) is 0 Å². The highest BCUT2D eigenvalue weighted by molar-refractivity contribution is 5.92. The minimum atomic E-state index is -0.257. The molecule has 144 valence electrons. The van der Waals surface area contributed by atoms with Crippen LogP contribution < -0.4 is 16.4 Å². The lowest BCUT2D eigenvalue weighted by atomic mass is 10.0. The number of aromatic nitrogens is 2. The van der Waals surface area contributed by atoms with Gasteiger partial charge in [-0.1, -0.05) is 48.5 Å². The molecule has 1 saturated heterocycles. The molecule has 1 aliphatic rings. The van der Waals surface area contributed by atoms with Gasteiger partial charge in [-0.25, -0.2) is 10.1 Å². The second-order valence-electron chi connectivity index (χ2n) is 7.05. The van der Waals surface area contributed by atoms with Crippen molar-refractivity contribution < 1.29 is 4.79 Å². The molecule has 7 nitrogen and oxygen atoms in total. The van der Waals surface area contributed by atoms with Crippen molar-refractivity contribution in [1.29, 1.82) is 0 Å². The van der Waals surface area contributed by atoms with E-state index in [1.165, 1.54) is 16.3 Å². The molecular formula is C21H23N5O2. The van der Waals surface area contributed by atoms with Gasteiger partial charge >= 0.3 is 0 Å². The summed E-state index contributed by atoms with van der Waals surface area (Å²) in [6, 6.07) is 21.1. The zero-order chi connectivity index (χ0) is 19.5. The summed E-state index contributed by atoms with van der Waals surface area (Å²) in [5.74, 6) is -0.211. The second-order valence-corrected chi connectivity index (χ2v) is 7.05. The zero-order valence-corrected chi connectivity index (χ0v) is 15.6. The Morgan fingerprint density at radius 1 is 1.07 bits per heavy atom. The SMILES string of the molecule is CN(CC1CC(c2ccccc2)NN1)C(=O)c1cc(=O)n(-c2ccccc2)[nH]1. The maximum Gasteiger partial charge on any atom is 0.271 e. The van der Waals surface area contributed by atoms with Gasteiger partial charge in [-0.15, -0.1) is 0 Å². The molecule has 7 heteroatoms. The van der Waals surface area contributed by atoms with Gasteiger partial charge < -0.3 is 4.90 Å². The summed E-state index contributed by atoms with van der Waals surface area (Å²) in [6.45, 7) is 0.535. The Hall–Kier alpha value is -3.16. The van der Waals surface area contributed by atoms with Crippen LogP contribution in [0.3, 0.4) is 0 Å². The Kier molecular flexibility index (Phi) is 5.10. The van der Waals surface area contributed by atoms with E-state index in [-0.39, 0.29) is 29.2 Å². The van der Waals surface area contributed by atoms with Crippen LogP contribution in [0, 0.1) is 0 Å². The topological polar surface area (TPSA) is 82.2 Å². The number of H-pyrrole nitrogens is 1. The van der Waals surface area contributed by atoms with Gasteiger partial charge in [0, 0.05) is 31.7 Å². The van der Waals surface area contributed by atoms with E-state index >= 15 is 0 Å². The van der Waals surface area contributed by atoms with Gasteiger partial charge in [0.15, 0.2) is 0 Å². The van der Waals surface area contributed by atoms with Crippen molar-refractivity contribution in [2.75, 3.05) is 13.6 Å². The lowest BCUT2D eigenvalue weighted by Crippen LogP contribution is -2.41. The molecule has 3 aromatic rings. The van der Waals surface area contributed by atoms with E-state index < -0.39 is 0 Å². The average molecular weight is 377 g/mol. The fourth-order valence-corrected chi connectivity index (χ4v) is 3.54. The average Bonchev–Trinajstić information content (AvgIpc) is 3.35. The minimum Gasteiger partial charge on any atom is -0.339 e. The first-order chi connectivity index (χ1) is 13.6. The van der Waals surface area contributed by atoms with Crippen LogP contribution in [-0.4, -0.2) is 40.2 Å². The summed E-state index contributed by atoms with van der Waals surface area (Å²) < 4.78 is 1.38. The zero-order valence-electron chi connectivity index (χ0n) is 15.6. The number of hydrogen-bond donors (Lipinski definition) is 3. The Morgan fingerprint density at radius 2 is 1.75 bits per heavy atom. The lowest BCUT2D eigenvalue weighted by molar-refractivity contribution is 0.0776. The van der Waals surface area contributed by atoms with Crippen LogP contribution in [0.15, 0.2) is 71.5 Å². The third-order valence-electron chi connectivity index (χ3n) is 4.99. The molecule has 1 fully saturated rings. The lowest BCUT2D eigenvalue weighted by Gasteiger charge is -2.20. The van der Waals surface area contributed by atoms with E-state index in [0.717, 1.165) is 6.42 Å². The molecule has 3 N–H and O–H groups in total. The molecule has 0 aliphatic carbocycles. The molecule has 4 rings (SSSR count). The predicted octanol–water partition coefficient (Wildman–Crippen LogP) is 1.85. The van der Waals surface area contributed by atoms with Crippen molar-refractivity contribution in [3.05, 3.63) is 88.3 Å². The van der Waals surface area contributed by atoms with Gasteiger partial charge in [0.25, 0.3) is 11.5 Å². The Bertz CT molecular complexity index is 996. The summed E-state index contributed by atoms with van der Waals surface area (Å²) in [5, 5.41) is 2.91. The molecule has 0 saturated carbocycles. The summed E-state index contributed by atoms with van der Waals surface area (Å²) in [5.41, 5.74) is 8.49. The number of carbonyl (C=O) groups is 1. The second kappa shape index (κ2) is 7.84. The van der Waals surface area contributed by atoms with Crippen molar-refractivity contribution >= 4 is 5.91 Å². The quantitative estimate of drug-likeness (QED) is 0.634. The highest BCUT2D eigenvalue weighted by Crippen LogP contribution is 2.22. The fourth-order valence-electron chi connectivity index (χ4n) is 3.54. The van der Waals surface area contributed by atoms with Crippen molar-refractivity contribution in [2.24, 2.45) is 0 Å². The van der Waals surface area contributed by atoms with Crippen molar-refractivity contribution in [3.8, 4) is 5.69 Å². The van der Waals surface area contributed by atoms with Crippen LogP contribution in [0.25, 0.3) is 5.69 Å². The first-order valence-electron chi connectivity index (χ1n) is 9.31. The molecule has 2 atom stereocenters. The molecule has 1 aliphatic heterocycles. The number of hydrogen-bond acceptors (Lipinski definition) is 4. The first-order valence-corrected chi connectivity index (χ1v) is 9.31. The van der Waals surface area contributed by atoms with E-state index in [1.54, 1.807) is 11.9 Å². The normalized spacial score (nSPS) is 18.9. The van der Waals surface area contributed by atoms with Crippen LogP contribution in [0.5, 0.6) is 0 Å². The van der Waals surface area contributed by atoms with Crippen LogP contribution in [0.2, 0.25) is 0 Å². The molecule has 2 aromatic carbocycles. The van der Waals surface area contributed by atoms with Crippen molar-refractivity contribution in [2.45, 2.75) is 18.5 Å². The molecule has 0 bridgehead atoms. The molecular weight excluding hydrogens is 354 g/mol. The smallest absolute Gasteiger partial charge is 0.271 e. The summed E-state index contributed by atoms with van der Waals surface area (Å²) >= 11 is 0. The largest absolute Gasteiger partial charge is 0.339 e. The standard InChI is InChI=1S/C21H23N5O2/c1-25(14-16-12-18(23-22-16)15-8-4-2-5-9-15)21(28)19-13-20(27)26(24-19)17-10-6-3-7-11-17/h2-11,13,16,18,22-24H,12,14H2,1H3. The highest BCUT2D eigenvalue weighted by atomic mass is 16.2. The fraction of sp³-hybridized carbons (Fsp3) is 0.238. The predicted molar refractivity (Wildman–Crippen MR) is 107 cm³/mol. The number of hydrazine groups is 1. The molecule has 0 spiro atoms. The minimum absolute atomic E-state index is 0.127. The number of rotatable bonds is 5. The summed E-state index contributed by atoms with van der Waals surface area (Å²) in [4.78, 5) is 26.7. The summed E-state index contributed by atoms with van der Waals surface area (Å²) in [6.07, 6.45) is 0.878. The maximum absolute atomic E-state index is 12.8. The van der Waals surface area contributed by atoms with E-state index in [0.29, 0.717) is 12.2 Å². The molecule has 28 heavy (non-hydrogen) atoms. The number of benzene rings is 2. The number of nitrogens with one attached hydrogen (secondary N) is 3. The Morgan fingerprint density at radius 3 is 2.46 bits per heavy atom. The number of likely N-dealkylation sites (N-methyl/N-ethyl adjacent to an activating group) is 1. The number of carbonyl (C=O) groups excluding carboxylic acids is 1. The molecule has 1 amide bonds. The highest BCUT2D eigenvalue weighted by Gasteiger charge is 2.27. The van der Waals surface area contributed by atoms with Crippen molar-refractivity contribution in [3.63, 3.8) is 0 Å². The van der Waals surface area contributed by atoms with E-state index in [1.807, 2.05) is 48.5 Å². The van der Waals surface area contributed by atoms with Crippen LogP contribution in [0.1, 0.15) is 28.5 Å². The molecule has 2 heterocycles. The van der Waals surface area contributed by atoms with Crippen LogP contribution in [-0.2, 0) is 0 Å². The first kappa shape index (κ1) is 18.2. The van der Waals surface area contributed by atoms with E-state index in [4.69, 9.17) is 0 Å². The molecule has 2 unspecified atom stereocenters. The van der Waals surface area contributed by atoms with Gasteiger partial charge in [-0.05, 0) is 24.1 Å². The monoisotopic (exact) mass is 377 g/mol. The van der Waals surface area contributed by atoms with E-state index in [2.05, 4.69) is 28.1 Å². The van der Waals surface area contributed by atoms with E-state index in [9.17, 15) is 9.59 Å². The third kappa shape index (κ3) is 3.76. The van der Waals surface area contributed by atoms with Gasteiger partial charge in [-0.3, -0.25) is 20.1 Å². The maximum atomic E-state index is 12.8. The number of nitrogens with zero attached hydrogens (tertiary/aromatic N) is 2. The number of para-hydroxylation sites is 1. The Labute approximate surface area is 162 Å². The number of amides is 1. The van der Waals surface area contributed by atoms with Crippen molar-refractivity contribution in [1.82, 2.24) is 25.5 Å². The summed E-state index contributed by atoms with van der Waals surface area (Å²) in [7, 11) is 1.75. The number of aromatic amines is 1. The third-order valence-corrected chi connectivity index (χ3v) is 4.99. The van der Waals surface area contributed by atoms with Gasteiger partial charge in [0.05, 0.1) is 5.69 Å². The molecule has 0 radical (unpaired) electrons. The van der Waals surface area contributed by atoms with Gasteiger partial charge in [-0.2, -0.15) is 0 Å².